The summed E-state index contributed by atoms with van der Waals surface area (Å²) >= 11 is 0. The molecule has 1 heterocycles. The molecule has 1 saturated heterocycles. The Hall–Kier alpha value is -1.53. The molecule has 0 saturated carbocycles. The fraction of sp³-hybridized carbons (Fsp3) is 0.562. The zero-order chi connectivity index (χ0) is 14.0. The third-order valence-corrected chi connectivity index (χ3v) is 4.04. The highest BCUT2D eigenvalue weighted by atomic mass is 16.3. The van der Waals surface area contributed by atoms with E-state index >= 15 is 0 Å². The van der Waals surface area contributed by atoms with Gasteiger partial charge in [-0.2, -0.15) is 5.26 Å². The summed E-state index contributed by atoms with van der Waals surface area (Å²) in [5.74, 6) is 0.656. The minimum absolute atomic E-state index is 0.461. The van der Waals surface area contributed by atoms with E-state index in [0.29, 0.717) is 17.5 Å². The highest BCUT2D eigenvalue weighted by Gasteiger charge is 2.25. The van der Waals surface area contributed by atoms with Crippen molar-refractivity contribution in [3.63, 3.8) is 0 Å². The third-order valence-electron chi connectivity index (χ3n) is 4.04. The second kappa shape index (κ2) is 5.63. The standard InChI is InChI=1S/C16H22N2O/c1-11-4-5-12(2)18(10-11)16-8-14(9-17)6-7-15(16)13(3)19/h6-8,11-13,19H,4-5,10H2,1-3H3/t11?,12?,13-/m0/s1. The van der Waals surface area contributed by atoms with Gasteiger partial charge in [-0.1, -0.05) is 13.0 Å². The molecule has 3 heteroatoms. The van der Waals surface area contributed by atoms with Crippen LogP contribution in [0, 0.1) is 17.2 Å². The van der Waals surface area contributed by atoms with Gasteiger partial charge in [0.05, 0.1) is 17.7 Å². The Kier molecular flexibility index (Phi) is 4.11. The van der Waals surface area contributed by atoms with Crippen molar-refractivity contribution in [2.24, 2.45) is 5.92 Å². The molecule has 2 rings (SSSR count). The van der Waals surface area contributed by atoms with Crippen molar-refractivity contribution < 1.29 is 5.11 Å². The number of hydrogen-bond acceptors (Lipinski definition) is 3. The van der Waals surface area contributed by atoms with Gasteiger partial charge in [0.15, 0.2) is 0 Å². The number of anilines is 1. The molecular formula is C16H22N2O. The topological polar surface area (TPSA) is 47.3 Å². The van der Waals surface area contributed by atoms with Crippen LogP contribution in [0.5, 0.6) is 0 Å². The largest absolute Gasteiger partial charge is 0.389 e. The zero-order valence-electron chi connectivity index (χ0n) is 11.9. The number of rotatable bonds is 2. The lowest BCUT2D eigenvalue weighted by Crippen LogP contribution is -2.41. The maximum absolute atomic E-state index is 9.94. The molecule has 19 heavy (non-hydrogen) atoms. The smallest absolute Gasteiger partial charge is 0.0992 e. The molecule has 0 amide bonds. The summed E-state index contributed by atoms with van der Waals surface area (Å²) in [4.78, 5) is 2.34. The number of hydrogen-bond donors (Lipinski definition) is 1. The van der Waals surface area contributed by atoms with E-state index in [9.17, 15) is 5.11 Å². The maximum Gasteiger partial charge on any atom is 0.0992 e. The van der Waals surface area contributed by atoms with Crippen LogP contribution in [0.15, 0.2) is 18.2 Å². The van der Waals surface area contributed by atoms with Crippen molar-refractivity contribution in [3.8, 4) is 6.07 Å². The summed E-state index contributed by atoms with van der Waals surface area (Å²) in [5.41, 5.74) is 2.60. The van der Waals surface area contributed by atoms with E-state index < -0.39 is 6.10 Å². The lowest BCUT2D eigenvalue weighted by Gasteiger charge is -2.40. The van der Waals surface area contributed by atoms with Crippen LogP contribution < -0.4 is 4.90 Å². The average Bonchev–Trinajstić information content (AvgIpc) is 2.40. The number of nitriles is 1. The van der Waals surface area contributed by atoms with E-state index in [1.54, 1.807) is 13.0 Å². The fourth-order valence-corrected chi connectivity index (χ4v) is 2.84. The number of nitrogens with zero attached hydrogens (tertiary/aromatic N) is 2. The van der Waals surface area contributed by atoms with Crippen LogP contribution in [0.4, 0.5) is 5.69 Å². The van der Waals surface area contributed by atoms with Gasteiger partial charge in [-0.05, 0) is 44.7 Å². The van der Waals surface area contributed by atoms with Crippen LogP contribution in [-0.4, -0.2) is 17.7 Å². The molecule has 2 unspecified atom stereocenters. The maximum atomic E-state index is 9.94. The molecule has 0 aliphatic carbocycles. The summed E-state index contributed by atoms with van der Waals surface area (Å²) in [6, 6.07) is 8.23. The molecule has 3 nitrogen and oxygen atoms in total. The quantitative estimate of drug-likeness (QED) is 0.886. The van der Waals surface area contributed by atoms with E-state index in [2.05, 4.69) is 24.8 Å². The van der Waals surface area contributed by atoms with Crippen molar-refractivity contribution in [1.29, 1.82) is 5.26 Å². The molecule has 0 aromatic heterocycles. The molecule has 0 bridgehead atoms. The molecule has 1 aromatic rings. The van der Waals surface area contributed by atoms with Gasteiger partial charge in [0.1, 0.15) is 0 Å². The molecular weight excluding hydrogens is 236 g/mol. The molecule has 102 valence electrons. The summed E-state index contributed by atoms with van der Waals surface area (Å²) in [5, 5.41) is 19.0. The molecule has 1 N–H and O–H groups in total. The number of aliphatic hydroxyl groups excluding tert-OH is 1. The normalized spacial score (nSPS) is 24.9. The van der Waals surface area contributed by atoms with Crippen molar-refractivity contribution in [2.75, 3.05) is 11.4 Å². The molecule has 1 aliphatic rings. The summed E-state index contributed by atoms with van der Waals surface area (Å²) < 4.78 is 0. The van der Waals surface area contributed by atoms with Gasteiger partial charge in [-0.25, -0.2) is 0 Å². The highest BCUT2D eigenvalue weighted by Crippen LogP contribution is 2.33. The third kappa shape index (κ3) is 2.90. The first kappa shape index (κ1) is 13.9. The van der Waals surface area contributed by atoms with E-state index in [4.69, 9.17) is 5.26 Å². The Morgan fingerprint density at radius 3 is 2.74 bits per heavy atom. The van der Waals surface area contributed by atoms with Gasteiger partial charge in [-0.3, -0.25) is 0 Å². The zero-order valence-corrected chi connectivity index (χ0v) is 11.9. The Morgan fingerprint density at radius 2 is 2.11 bits per heavy atom. The molecule has 1 aliphatic heterocycles. The van der Waals surface area contributed by atoms with Crippen molar-refractivity contribution >= 4 is 5.69 Å². The Bertz CT molecular complexity index is 490. The van der Waals surface area contributed by atoms with Gasteiger partial charge in [0.2, 0.25) is 0 Å². The van der Waals surface area contributed by atoms with Gasteiger partial charge in [0, 0.05) is 23.8 Å². The SMILES string of the molecule is CC1CCC(C)N(c2cc(C#N)ccc2[C@H](C)O)C1. The summed E-state index contributed by atoms with van der Waals surface area (Å²) in [6.45, 7) is 7.25. The molecule has 0 radical (unpaired) electrons. The lowest BCUT2D eigenvalue weighted by atomic mass is 9.93. The molecule has 1 fully saturated rings. The van der Waals surface area contributed by atoms with Crippen LogP contribution in [0.2, 0.25) is 0 Å². The lowest BCUT2D eigenvalue weighted by molar-refractivity contribution is 0.199. The molecule has 1 aromatic carbocycles. The Balaban J connectivity index is 2.43. The first-order valence-electron chi connectivity index (χ1n) is 7.01. The predicted molar refractivity (Wildman–Crippen MR) is 77.0 cm³/mol. The van der Waals surface area contributed by atoms with E-state index in [-0.39, 0.29) is 0 Å². The number of aliphatic hydroxyl groups is 1. The average molecular weight is 258 g/mol. The van der Waals surface area contributed by atoms with Crippen molar-refractivity contribution in [2.45, 2.75) is 45.8 Å². The van der Waals surface area contributed by atoms with Crippen LogP contribution >= 0.6 is 0 Å². The van der Waals surface area contributed by atoms with E-state index in [1.165, 1.54) is 6.42 Å². The Morgan fingerprint density at radius 1 is 1.37 bits per heavy atom. The van der Waals surface area contributed by atoms with Crippen LogP contribution in [0.3, 0.4) is 0 Å². The number of benzene rings is 1. The molecule has 0 spiro atoms. The molecule has 3 atom stereocenters. The van der Waals surface area contributed by atoms with Crippen LogP contribution in [0.1, 0.15) is 50.8 Å². The van der Waals surface area contributed by atoms with E-state index in [1.807, 2.05) is 12.1 Å². The minimum atomic E-state index is -0.507. The minimum Gasteiger partial charge on any atom is -0.389 e. The Labute approximate surface area is 115 Å². The van der Waals surface area contributed by atoms with E-state index in [0.717, 1.165) is 24.2 Å². The van der Waals surface area contributed by atoms with Crippen molar-refractivity contribution in [3.05, 3.63) is 29.3 Å². The monoisotopic (exact) mass is 258 g/mol. The second-order valence-corrected chi connectivity index (χ2v) is 5.75. The highest BCUT2D eigenvalue weighted by molar-refractivity contribution is 5.59. The summed E-state index contributed by atoms with van der Waals surface area (Å²) in [6.07, 6.45) is 1.91. The van der Waals surface area contributed by atoms with Gasteiger partial charge in [-0.15, -0.1) is 0 Å². The second-order valence-electron chi connectivity index (χ2n) is 5.75. The first-order valence-corrected chi connectivity index (χ1v) is 7.01. The van der Waals surface area contributed by atoms with Gasteiger partial charge < -0.3 is 10.0 Å². The predicted octanol–water partition coefficient (Wildman–Crippen LogP) is 3.24. The van der Waals surface area contributed by atoms with Gasteiger partial charge in [0.25, 0.3) is 0 Å². The van der Waals surface area contributed by atoms with Crippen LogP contribution in [-0.2, 0) is 0 Å². The number of piperidine rings is 1. The van der Waals surface area contributed by atoms with Crippen molar-refractivity contribution in [1.82, 2.24) is 0 Å². The van der Waals surface area contributed by atoms with Gasteiger partial charge >= 0.3 is 0 Å². The summed E-state index contributed by atoms with van der Waals surface area (Å²) in [7, 11) is 0. The fourth-order valence-electron chi connectivity index (χ4n) is 2.84. The first-order chi connectivity index (χ1) is 9.02. The van der Waals surface area contributed by atoms with Crippen LogP contribution in [0.25, 0.3) is 0 Å².